The Bertz CT molecular complexity index is 1440. The molecule has 3 aromatic rings. The number of ketones is 1. The fraction of sp³-hybridized carbons (Fsp3) is 0.300. The number of carbonyl (C=O) groups is 3. The van der Waals surface area contributed by atoms with Gasteiger partial charge in [-0.1, -0.05) is 23.8 Å². The van der Waals surface area contributed by atoms with Gasteiger partial charge in [-0.3, -0.25) is 9.59 Å². The van der Waals surface area contributed by atoms with E-state index in [-0.39, 0.29) is 24.3 Å². The number of methoxy groups -OCH3 is 1. The molecule has 0 saturated heterocycles. The zero-order valence-corrected chi connectivity index (χ0v) is 21.7. The average Bonchev–Trinajstić information content (AvgIpc) is 3.19. The predicted octanol–water partition coefficient (Wildman–Crippen LogP) is 5.95. The van der Waals surface area contributed by atoms with Gasteiger partial charge in [0.2, 0.25) is 0 Å². The molecule has 0 atom stereocenters. The molecule has 2 aromatic carbocycles. The lowest BCUT2D eigenvalue weighted by Crippen LogP contribution is -2.29. The Morgan fingerprint density at radius 2 is 1.75 bits per heavy atom. The average molecular weight is 485 g/mol. The molecule has 1 aromatic heterocycles. The van der Waals surface area contributed by atoms with Gasteiger partial charge in [0, 0.05) is 47.2 Å². The molecule has 1 N–H and O–H groups in total. The molecule has 0 radical (unpaired) electrons. The maximum Gasteiger partial charge on any atom is 0.337 e. The van der Waals surface area contributed by atoms with Gasteiger partial charge in [0.15, 0.2) is 5.78 Å². The molecule has 4 rings (SSSR count). The maximum absolute atomic E-state index is 13.5. The summed E-state index contributed by atoms with van der Waals surface area (Å²) in [6, 6.07) is 11.3. The number of fused-ring (bicyclic) bond motifs is 1. The summed E-state index contributed by atoms with van der Waals surface area (Å²) in [6.07, 6.45) is 4.47. The summed E-state index contributed by atoms with van der Waals surface area (Å²) in [6.45, 7) is 10.3. The molecule has 0 aliphatic heterocycles. The van der Waals surface area contributed by atoms with Crippen molar-refractivity contribution in [2.45, 2.75) is 47.1 Å². The third kappa shape index (κ3) is 4.76. The standard InChI is InChI=1S/C30H32N2O4/c1-17(2)32-16-20(5)28-24(29(34)31-15-25-19(4)11-18(3)12-27(25)33)13-23(14-26(28)32)21-7-9-22(10-8-21)30(35)36-6/h7-11,13-14,16-17H,12,15H2,1-6H3,(H,31,34). The Morgan fingerprint density at radius 1 is 1.06 bits per heavy atom. The first-order chi connectivity index (χ1) is 17.1. The van der Waals surface area contributed by atoms with Crippen molar-refractivity contribution in [2.24, 2.45) is 0 Å². The lowest BCUT2D eigenvalue weighted by molar-refractivity contribution is -0.115. The molecule has 1 heterocycles. The van der Waals surface area contributed by atoms with Crippen molar-refractivity contribution in [1.82, 2.24) is 9.88 Å². The van der Waals surface area contributed by atoms with Crippen LogP contribution in [-0.2, 0) is 9.53 Å². The number of rotatable bonds is 6. The molecule has 0 saturated carbocycles. The second-order valence-electron chi connectivity index (χ2n) is 9.73. The summed E-state index contributed by atoms with van der Waals surface area (Å²) in [5.41, 5.74) is 7.33. The van der Waals surface area contributed by atoms with Crippen molar-refractivity contribution < 1.29 is 19.1 Å². The molecule has 1 amide bonds. The number of benzene rings is 2. The first-order valence-corrected chi connectivity index (χ1v) is 12.1. The molecule has 1 aliphatic carbocycles. The summed E-state index contributed by atoms with van der Waals surface area (Å²) in [5, 5.41) is 3.89. The first kappa shape index (κ1) is 25.2. The van der Waals surface area contributed by atoms with Gasteiger partial charge in [0.05, 0.1) is 12.7 Å². The topological polar surface area (TPSA) is 77.4 Å². The van der Waals surface area contributed by atoms with Crippen molar-refractivity contribution in [1.29, 1.82) is 0 Å². The minimum Gasteiger partial charge on any atom is -0.465 e. The van der Waals surface area contributed by atoms with Gasteiger partial charge < -0.3 is 14.6 Å². The number of carbonyl (C=O) groups excluding carboxylic acids is 3. The van der Waals surface area contributed by atoms with Crippen LogP contribution in [-0.4, -0.2) is 35.9 Å². The number of hydrogen-bond acceptors (Lipinski definition) is 4. The van der Waals surface area contributed by atoms with E-state index >= 15 is 0 Å². The summed E-state index contributed by atoms with van der Waals surface area (Å²) in [4.78, 5) is 38.0. The monoisotopic (exact) mass is 484 g/mol. The van der Waals surface area contributed by atoms with E-state index < -0.39 is 5.97 Å². The fourth-order valence-electron chi connectivity index (χ4n) is 4.87. The number of ether oxygens (including phenoxy) is 1. The largest absolute Gasteiger partial charge is 0.465 e. The molecular weight excluding hydrogens is 452 g/mol. The van der Waals surface area contributed by atoms with Crippen LogP contribution in [0.1, 0.15) is 66.4 Å². The molecule has 186 valence electrons. The number of nitrogens with zero attached hydrogens (tertiary/aromatic N) is 1. The Morgan fingerprint density at radius 3 is 2.36 bits per heavy atom. The van der Waals surface area contributed by atoms with E-state index in [1.165, 1.54) is 7.11 Å². The van der Waals surface area contributed by atoms with Crippen LogP contribution in [0.2, 0.25) is 0 Å². The number of aromatic nitrogens is 1. The highest BCUT2D eigenvalue weighted by Crippen LogP contribution is 2.33. The molecule has 1 aliphatic rings. The number of amides is 1. The minimum atomic E-state index is -0.395. The third-order valence-corrected chi connectivity index (χ3v) is 6.70. The molecule has 6 heteroatoms. The predicted molar refractivity (Wildman–Crippen MR) is 142 cm³/mol. The summed E-state index contributed by atoms with van der Waals surface area (Å²) in [5.74, 6) is -0.565. The van der Waals surface area contributed by atoms with Crippen LogP contribution < -0.4 is 5.32 Å². The van der Waals surface area contributed by atoms with Crippen LogP contribution >= 0.6 is 0 Å². The summed E-state index contributed by atoms with van der Waals surface area (Å²) < 4.78 is 6.97. The fourth-order valence-corrected chi connectivity index (χ4v) is 4.87. The number of allylic oxidation sites excluding steroid dienone is 3. The highest BCUT2D eigenvalue weighted by molar-refractivity contribution is 6.10. The van der Waals surface area contributed by atoms with Gasteiger partial charge in [-0.2, -0.15) is 0 Å². The van der Waals surface area contributed by atoms with Crippen LogP contribution in [0.4, 0.5) is 0 Å². The van der Waals surface area contributed by atoms with Crippen molar-refractivity contribution in [3.05, 3.63) is 82.1 Å². The van der Waals surface area contributed by atoms with Gasteiger partial charge >= 0.3 is 5.97 Å². The number of esters is 1. The highest BCUT2D eigenvalue weighted by Gasteiger charge is 2.22. The Kier molecular flexibility index (Phi) is 6.97. The van der Waals surface area contributed by atoms with E-state index in [0.29, 0.717) is 23.1 Å². The van der Waals surface area contributed by atoms with Crippen molar-refractivity contribution in [3.8, 4) is 11.1 Å². The van der Waals surface area contributed by atoms with E-state index in [1.807, 2.05) is 45.0 Å². The van der Waals surface area contributed by atoms with Crippen LogP contribution in [0, 0.1) is 6.92 Å². The normalized spacial score (nSPS) is 13.9. The Hall–Kier alpha value is -3.93. The van der Waals surface area contributed by atoms with E-state index in [2.05, 4.69) is 36.0 Å². The van der Waals surface area contributed by atoms with E-state index in [0.717, 1.165) is 38.7 Å². The molecular formula is C30H32N2O4. The second-order valence-corrected chi connectivity index (χ2v) is 9.73. The van der Waals surface area contributed by atoms with Crippen LogP contribution in [0.25, 0.3) is 22.0 Å². The molecule has 6 nitrogen and oxygen atoms in total. The third-order valence-electron chi connectivity index (χ3n) is 6.70. The Labute approximate surface area is 211 Å². The molecule has 36 heavy (non-hydrogen) atoms. The van der Waals surface area contributed by atoms with Crippen LogP contribution in [0.5, 0.6) is 0 Å². The lowest BCUT2D eigenvalue weighted by Gasteiger charge is -2.17. The smallest absolute Gasteiger partial charge is 0.337 e. The summed E-state index contributed by atoms with van der Waals surface area (Å²) in [7, 11) is 1.35. The van der Waals surface area contributed by atoms with E-state index in [4.69, 9.17) is 4.74 Å². The zero-order chi connectivity index (χ0) is 26.1. The minimum absolute atomic E-state index is 0.0551. The lowest BCUT2D eigenvalue weighted by atomic mass is 9.92. The summed E-state index contributed by atoms with van der Waals surface area (Å²) >= 11 is 0. The van der Waals surface area contributed by atoms with Crippen molar-refractivity contribution in [2.75, 3.05) is 13.7 Å². The van der Waals surface area contributed by atoms with Crippen LogP contribution in [0.15, 0.2) is 65.4 Å². The molecule has 0 unspecified atom stereocenters. The van der Waals surface area contributed by atoms with Gasteiger partial charge in [-0.15, -0.1) is 0 Å². The van der Waals surface area contributed by atoms with Crippen molar-refractivity contribution in [3.63, 3.8) is 0 Å². The van der Waals surface area contributed by atoms with E-state index in [9.17, 15) is 14.4 Å². The number of nitrogens with one attached hydrogen (secondary N) is 1. The molecule has 0 fully saturated rings. The Balaban J connectivity index is 1.77. The van der Waals surface area contributed by atoms with Gasteiger partial charge in [0.1, 0.15) is 0 Å². The van der Waals surface area contributed by atoms with Gasteiger partial charge in [-0.05, 0) is 81.1 Å². The van der Waals surface area contributed by atoms with Crippen molar-refractivity contribution >= 4 is 28.6 Å². The number of aryl methyl sites for hydroxylation is 1. The maximum atomic E-state index is 13.5. The quantitative estimate of drug-likeness (QED) is 0.439. The highest BCUT2D eigenvalue weighted by atomic mass is 16.5. The second kappa shape index (κ2) is 9.97. The SMILES string of the molecule is COC(=O)c1ccc(-c2cc(C(=O)NCC3=C(C)C=C(C)CC3=O)c3c(C)cn(C(C)C)c3c2)cc1. The number of hydrogen-bond donors (Lipinski definition) is 1. The molecule has 0 bridgehead atoms. The zero-order valence-electron chi connectivity index (χ0n) is 21.7. The van der Waals surface area contributed by atoms with E-state index in [1.54, 1.807) is 12.1 Å². The first-order valence-electron chi connectivity index (χ1n) is 12.1. The van der Waals surface area contributed by atoms with Gasteiger partial charge in [0.25, 0.3) is 5.91 Å². The number of Topliss-reactive ketones (excluding diaryl/α,β-unsaturated/α-hetero) is 1. The van der Waals surface area contributed by atoms with Gasteiger partial charge in [-0.25, -0.2) is 4.79 Å². The van der Waals surface area contributed by atoms with Crippen LogP contribution in [0.3, 0.4) is 0 Å². The molecule has 0 spiro atoms.